The largest absolute Gasteiger partial charge is 0.450 e. The highest BCUT2D eigenvalue weighted by Gasteiger charge is 2.29. The molecule has 0 unspecified atom stereocenters. The number of hydrogen-bond acceptors (Lipinski definition) is 5. The maximum atomic E-state index is 13.1. The van der Waals surface area contributed by atoms with Gasteiger partial charge in [-0.3, -0.25) is 0 Å². The number of hydrogen-bond donors (Lipinski definition) is 0. The number of amides is 1. The lowest BCUT2D eigenvalue weighted by atomic mass is 9.94. The molecule has 0 radical (unpaired) electrons. The molecular weight excluding hydrogens is 462 g/mol. The van der Waals surface area contributed by atoms with E-state index in [-0.39, 0.29) is 18.1 Å². The van der Waals surface area contributed by atoms with Crippen molar-refractivity contribution in [1.29, 1.82) is 0 Å². The van der Waals surface area contributed by atoms with Crippen LogP contribution in [-0.4, -0.2) is 81.0 Å². The summed E-state index contributed by atoms with van der Waals surface area (Å²) in [5.74, 6) is 0.0871. The smallest absolute Gasteiger partial charge is 0.409 e. The lowest BCUT2D eigenvalue weighted by Gasteiger charge is -2.38. The molecule has 7 nitrogen and oxygen atoms in total. The first-order valence-electron chi connectivity index (χ1n) is 12.6. The van der Waals surface area contributed by atoms with E-state index in [0.29, 0.717) is 24.6 Å². The number of carbonyl (C=O) groups is 1. The molecule has 2 aromatic rings. The molecule has 2 aromatic carbocycles. The number of rotatable bonds is 11. The van der Waals surface area contributed by atoms with Crippen molar-refractivity contribution < 1.29 is 17.9 Å². The van der Waals surface area contributed by atoms with Gasteiger partial charge in [0.1, 0.15) is 0 Å². The topological polar surface area (TPSA) is 70.2 Å². The van der Waals surface area contributed by atoms with E-state index in [1.54, 1.807) is 31.3 Å². The van der Waals surface area contributed by atoms with Gasteiger partial charge in [0.2, 0.25) is 10.0 Å². The summed E-state index contributed by atoms with van der Waals surface area (Å²) in [4.78, 5) is 16.8. The van der Waals surface area contributed by atoms with Crippen molar-refractivity contribution in [1.82, 2.24) is 14.1 Å². The van der Waals surface area contributed by atoms with Crippen LogP contribution >= 0.6 is 0 Å². The van der Waals surface area contributed by atoms with Gasteiger partial charge in [0.05, 0.1) is 11.5 Å². The zero-order valence-corrected chi connectivity index (χ0v) is 22.0. The van der Waals surface area contributed by atoms with Crippen LogP contribution in [0.1, 0.15) is 44.6 Å². The first-order valence-corrected chi connectivity index (χ1v) is 14.0. The highest BCUT2D eigenvalue weighted by molar-refractivity contribution is 7.89. The number of nitrogens with zero attached hydrogens (tertiary/aromatic N) is 3. The predicted octanol–water partition coefficient (Wildman–Crippen LogP) is 4.42. The molecule has 1 amide bonds. The second kappa shape index (κ2) is 13.0. The van der Waals surface area contributed by atoms with Gasteiger partial charge < -0.3 is 14.5 Å². The maximum Gasteiger partial charge on any atom is 0.409 e. The molecule has 1 aliphatic rings. The highest BCUT2D eigenvalue weighted by Crippen LogP contribution is 2.25. The zero-order chi connectivity index (χ0) is 25.3. The number of sulfonamides is 1. The number of likely N-dealkylation sites (tertiary alicyclic amines) is 1. The third kappa shape index (κ3) is 7.29. The molecule has 0 bridgehead atoms. The summed E-state index contributed by atoms with van der Waals surface area (Å²) in [6.07, 6.45) is 2.48. The summed E-state index contributed by atoms with van der Waals surface area (Å²) >= 11 is 0. The summed E-state index contributed by atoms with van der Waals surface area (Å²) in [6.45, 7) is 8.01. The van der Waals surface area contributed by atoms with E-state index < -0.39 is 10.0 Å². The van der Waals surface area contributed by atoms with E-state index >= 15 is 0 Å². The number of ether oxygens (including phenoxy) is 1. The molecule has 1 aliphatic heterocycles. The van der Waals surface area contributed by atoms with Crippen LogP contribution in [0.15, 0.2) is 65.6 Å². The Hall–Kier alpha value is -2.42. The summed E-state index contributed by atoms with van der Waals surface area (Å²) in [5, 5.41) is 0. The number of benzene rings is 2. The molecule has 35 heavy (non-hydrogen) atoms. The van der Waals surface area contributed by atoms with Gasteiger partial charge in [0.25, 0.3) is 0 Å². The Morgan fingerprint density at radius 2 is 1.63 bits per heavy atom. The maximum absolute atomic E-state index is 13.1. The van der Waals surface area contributed by atoms with Gasteiger partial charge in [-0.25, -0.2) is 17.5 Å². The second-order valence-electron chi connectivity index (χ2n) is 9.05. The molecule has 1 fully saturated rings. The lowest BCUT2D eigenvalue weighted by Crippen LogP contribution is -2.47. The quantitative estimate of drug-likeness (QED) is 0.456. The van der Waals surface area contributed by atoms with Gasteiger partial charge in [-0.1, -0.05) is 48.5 Å². The molecule has 0 aliphatic carbocycles. The van der Waals surface area contributed by atoms with Crippen LogP contribution in [0.3, 0.4) is 0 Å². The van der Waals surface area contributed by atoms with Crippen LogP contribution in [0.2, 0.25) is 0 Å². The Bertz CT molecular complexity index is 1010. The standard InChI is InChI=1S/C27H39N3O4S/c1-4-30(27(31)34-5-2)25-17-20-29(21-18-25)19-16-24(23-12-8-6-9-13-23)22-28(3)35(32,33)26-14-10-7-11-15-26/h6-15,24-25H,4-5,16-22H2,1-3H3/t24-/m1/s1. The lowest BCUT2D eigenvalue weighted by molar-refractivity contribution is 0.0699. The molecule has 0 N–H and O–H groups in total. The average Bonchev–Trinajstić information content (AvgIpc) is 2.88. The normalized spacial score (nSPS) is 16.2. The molecule has 3 rings (SSSR count). The molecule has 1 saturated heterocycles. The zero-order valence-electron chi connectivity index (χ0n) is 21.2. The highest BCUT2D eigenvalue weighted by atomic mass is 32.2. The Kier molecular flexibility index (Phi) is 10.1. The molecule has 8 heteroatoms. The van der Waals surface area contributed by atoms with Crippen molar-refractivity contribution in [3.63, 3.8) is 0 Å². The summed E-state index contributed by atoms with van der Waals surface area (Å²) < 4.78 is 32.9. The average molecular weight is 502 g/mol. The summed E-state index contributed by atoms with van der Waals surface area (Å²) in [5.41, 5.74) is 1.15. The van der Waals surface area contributed by atoms with E-state index in [9.17, 15) is 13.2 Å². The van der Waals surface area contributed by atoms with Crippen LogP contribution in [0.5, 0.6) is 0 Å². The van der Waals surface area contributed by atoms with Crippen molar-refractivity contribution in [3.8, 4) is 0 Å². The minimum Gasteiger partial charge on any atom is -0.450 e. The van der Waals surface area contributed by atoms with Crippen LogP contribution in [0.4, 0.5) is 4.79 Å². The van der Waals surface area contributed by atoms with E-state index in [4.69, 9.17) is 4.74 Å². The molecule has 192 valence electrons. The number of piperidine rings is 1. The molecule has 0 aromatic heterocycles. The first kappa shape index (κ1) is 27.2. The van der Waals surface area contributed by atoms with Crippen LogP contribution in [0.25, 0.3) is 0 Å². The third-order valence-corrected chi connectivity index (χ3v) is 8.67. The van der Waals surface area contributed by atoms with Gasteiger partial charge >= 0.3 is 6.09 Å². The molecule has 0 spiro atoms. The van der Waals surface area contributed by atoms with Crippen molar-refractivity contribution in [3.05, 3.63) is 66.2 Å². The Balaban J connectivity index is 1.61. The van der Waals surface area contributed by atoms with Crippen LogP contribution < -0.4 is 0 Å². The Morgan fingerprint density at radius 3 is 2.20 bits per heavy atom. The van der Waals surface area contributed by atoms with E-state index in [1.165, 1.54) is 4.31 Å². The summed E-state index contributed by atoms with van der Waals surface area (Å²) in [7, 11) is -1.88. The molecule has 1 heterocycles. The van der Waals surface area contributed by atoms with Gasteiger partial charge in [-0.15, -0.1) is 0 Å². The number of likely N-dealkylation sites (N-methyl/N-ethyl adjacent to an activating group) is 1. The van der Waals surface area contributed by atoms with Crippen molar-refractivity contribution in [2.45, 2.75) is 50.0 Å². The first-order chi connectivity index (χ1) is 16.9. The van der Waals surface area contributed by atoms with E-state index in [0.717, 1.165) is 44.5 Å². The fourth-order valence-corrected chi connectivity index (χ4v) is 6.04. The van der Waals surface area contributed by atoms with Gasteiger partial charge in [0.15, 0.2) is 0 Å². The van der Waals surface area contributed by atoms with Crippen molar-refractivity contribution in [2.24, 2.45) is 0 Å². The van der Waals surface area contributed by atoms with Gasteiger partial charge in [-0.2, -0.15) is 0 Å². The fraction of sp³-hybridized carbons (Fsp3) is 0.519. The molecule has 1 atom stereocenters. The molecular formula is C27H39N3O4S. The van der Waals surface area contributed by atoms with E-state index in [2.05, 4.69) is 17.0 Å². The van der Waals surface area contributed by atoms with Crippen molar-refractivity contribution in [2.75, 3.05) is 46.4 Å². The van der Waals surface area contributed by atoms with Crippen LogP contribution in [-0.2, 0) is 14.8 Å². The fourth-order valence-electron chi connectivity index (χ4n) is 4.81. The second-order valence-corrected chi connectivity index (χ2v) is 11.1. The Labute approximate surface area is 210 Å². The Morgan fingerprint density at radius 1 is 1.03 bits per heavy atom. The third-order valence-electron chi connectivity index (χ3n) is 6.83. The van der Waals surface area contributed by atoms with Gasteiger partial charge in [0, 0.05) is 39.3 Å². The van der Waals surface area contributed by atoms with Crippen LogP contribution in [0, 0.1) is 0 Å². The van der Waals surface area contributed by atoms with E-state index in [1.807, 2.05) is 43.0 Å². The number of carbonyl (C=O) groups excluding carboxylic acids is 1. The minimum absolute atomic E-state index is 0.0871. The minimum atomic E-state index is -3.55. The predicted molar refractivity (Wildman–Crippen MR) is 139 cm³/mol. The van der Waals surface area contributed by atoms with Crippen molar-refractivity contribution >= 4 is 16.1 Å². The molecule has 0 saturated carbocycles. The monoisotopic (exact) mass is 501 g/mol. The van der Waals surface area contributed by atoms with Gasteiger partial charge in [-0.05, 0) is 63.3 Å². The SMILES string of the molecule is CCOC(=O)N(CC)C1CCN(CC[C@H](CN(C)S(=O)(=O)c2ccccc2)c2ccccc2)CC1. The summed E-state index contributed by atoms with van der Waals surface area (Å²) in [6, 6.07) is 19.0.